The van der Waals surface area contributed by atoms with Crippen molar-refractivity contribution in [3.8, 4) is 10.7 Å². The lowest BCUT2D eigenvalue weighted by molar-refractivity contribution is -0.148. The van der Waals surface area contributed by atoms with Crippen LogP contribution in [0.5, 0.6) is 0 Å². The molecule has 0 saturated heterocycles. The second kappa shape index (κ2) is 8.98. The van der Waals surface area contributed by atoms with Gasteiger partial charge in [0, 0.05) is 41.9 Å². The predicted molar refractivity (Wildman–Crippen MR) is 132 cm³/mol. The number of benzene rings is 1. The maximum absolute atomic E-state index is 14.6. The van der Waals surface area contributed by atoms with Gasteiger partial charge in [-0.05, 0) is 41.8 Å². The normalized spacial score (nSPS) is 18.1. The molecule has 1 saturated carbocycles. The van der Waals surface area contributed by atoms with Crippen molar-refractivity contribution in [3.05, 3.63) is 63.9 Å². The molecule has 190 valence electrons. The summed E-state index contributed by atoms with van der Waals surface area (Å²) in [5, 5.41) is 2.98. The van der Waals surface area contributed by atoms with Crippen LogP contribution in [0.15, 0.2) is 36.5 Å². The Morgan fingerprint density at radius 3 is 2.89 bits per heavy atom. The number of nitrogens with one attached hydrogen (secondary N) is 1. The van der Waals surface area contributed by atoms with Crippen molar-refractivity contribution in [1.82, 2.24) is 14.9 Å². The summed E-state index contributed by atoms with van der Waals surface area (Å²) in [6.45, 7) is 0.711. The number of anilines is 2. The second-order valence-electron chi connectivity index (χ2n) is 9.35. The molecule has 1 fully saturated rings. The zero-order valence-electron chi connectivity index (χ0n) is 19.5. The average Bonchev–Trinajstić information content (AvgIpc) is 3.28. The molecule has 3 heterocycles. The van der Waals surface area contributed by atoms with Gasteiger partial charge < -0.3 is 15.0 Å². The average molecular weight is 527 g/mol. The van der Waals surface area contributed by atoms with Crippen LogP contribution < -0.4 is 5.32 Å². The Balaban J connectivity index is 1.17. The minimum absolute atomic E-state index is 0.00458. The molecule has 3 aliphatic rings. The lowest BCUT2D eigenvalue weighted by atomic mass is 9.91. The molecular formula is C26H21F3N4O3S. The van der Waals surface area contributed by atoms with E-state index in [1.54, 1.807) is 24.3 Å². The second-order valence-corrected chi connectivity index (χ2v) is 10.5. The van der Waals surface area contributed by atoms with Crippen LogP contribution in [-0.4, -0.2) is 45.3 Å². The molecule has 37 heavy (non-hydrogen) atoms. The molecule has 1 amide bonds. The van der Waals surface area contributed by atoms with Crippen LogP contribution in [0, 0.1) is 5.82 Å². The Labute approximate surface area is 214 Å². The maximum atomic E-state index is 14.6. The van der Waals surface area contributed by atoms with Crippen LogP contribution in [0.1, 0.15) is 45.6 Å². The third-order valence-electron chi connectivity index (χ3n) is 6.62. The number of thiophene rings is 1. The largest absolute Gasteiger partial charge is 0.446 e. The molecule has 7 nitrogen and oxygen atoms in total. The smallest absolute Gasteiger partial charge is 0.410 e. The topological polar surface area (TPSA) is 84.4 Å². The van der Waals surface area contributed by atoms with Crippen LogP contribution in [-0.2, 0) is 17.7 Å². The minimum Gasteiger partial charge on any atom is -0.446 e. The van der Waals surface area contributed by atoms with E-state index in [1.165, 1.54) is 16.2 Å². The number of amides is 1. The predicted octanol–water partition coefficient (Wildman–Crippen LogP) is 5.98. The van der Waals surface area contributed by atoms with Crippen LogP contribution >= 0.6 is 11.3 Å². The van der Waals surface area contributed by atoms with Crippen LogP contribution in [0.3, 0.4) is 0 Å². The number of carbonyl (C=O) groups is 2. The molecule has 2 aliphatic carbocycles. The van der Waals surface area contributed by atoms with Gasteiger partial charge in [0.1, 0.15) is 6.10 Å². The zero-order chi connectivity index (χ0) is 25.7. The first-order valence-corrected chi connectivity index (χ1v) is 12.6. The third kappa shape index (κ3) is 4.71. The molecule has 1 aliphatic heterocycles. The maximum Gasteiger partial charge on any atom is 0.410 e. The van der Waals surface area contributed by atoms with Gasteiger partial charge in [-0.3, -0.25) is 4.79 Å². The van der Waals surface area contributed by atoms with Gasteiger partial charge in [0.25, 0.3) is 5.92 Å². The lowest BCUT2D eigenvalue weighted by Crippen LogP contribution is -2.45. The molecule has 0 radical (unpaired) electrons. The van der Waals surface area contributed by atoms with E-state index in [4.69, 9.17) is 4.74 Å². The number of ketones is 1. The van der Waals surface area contributed by atoms with Crippen molar-refractivity contribution in [2.75, 3.05) is 11.9 Å². The van der Waals surface area contributed by atoms with Gasteiger partial charge in [0.05, 0.1) is 17.6 Å². The standard InChI is InChI=1S/C26H21F3N4O3S/c27-19-12-30-24(32-23(19)31-16-4-5-18-14(8-16)2-1-3-20(18)34)22-9-15-13-33(7-6-21(15)37-22)25(35)36-17-10-26(28,29)11-17/h1-2,4-5,8-9,12,17H,3,6-7,10-11,13H2,(H,30,31,32). The highest BCUT2D eigenvalue weighted by Gasteiger charge is 2.48. The first kappa shape index (κ1) is 23.7. The van der Waals surface area contributed by atoms with Crippen LogP contribution in [0.4, 0.5) is 29.5 Å². The van der Waals surface area contributed by atoms with Gasteiger partial charge >= 0.3 is 6.09 Å². The van der Waals surface area contributed by atoms with E-state index in [2.05, 4.69) is 15.3 Å². The van der Waals surface area contributed by atoms with E-state index in [9.17, 15) is 22.8 Å². The van der Waals surface area contributed by atoms with Crippen molar-refractivity contribution in [3.63, 3.8) is 0 Å². The number of nitrogens with zero attached hydrogens (tertiary/aromatic N) is 3. The molecule has 3 aromatic rings. The number of alkyl halides is 2. The van der Waals surface area contributed by atoms with Gasteiger partial charge in [0.2, 0.25) is 0 Å². The Morgan fingerprint density at radius 2 is 2.08 bits per heavy atom. The van der Waals surface area contributed by atoms with Crippen molar-refractivity contribution in [2.24, 2.45) is 0 Å². The highest BCUT2D eigenvalue weighted by molar-refractivity contribution is 7.15. The van der Waals surface area contributed by atoms with E-state index in [0.717, 1.165) is 27.1 Å². The van der Waals surface area contributed by atoms with Crippen molar-refractivity contribution >= 4 is 40.8 Å². The van der Waals surface area contributed by atoms with E-state index in [-0.39, 0.29) is 11.6 Å². The molecule has 0 atom stereocenters. The SMILES string of the molecule is O=C1CC=Cc2cc(Nc3nc(-c4cc5c(s4)CCN(C(=O)OC4CC(F)(F)C4)C5)ncc3F)ccc21. The summed E-state index contributed by atoms with van der Waals surface area (Å²) in [6, 6.07) is 7.05. The number of allylic oxidation sites excluding steroid dienone is 1. The monoisotopic (exact) mass is 526 g/mol. The molecule has 6 rings (SSSR count). The van der Waals surface area contributed by atoms with Crippen LogP contribution in [0.25, 0.3) is 16.8 Å². The van der Waals surface area contributed by atoms with E-state index >= 15 is 0 Å². The number of hydrogen-bond donors (Lipinski definition) is 1. The van der Waals surface area contributed by atoms with Crippen molar-refractivity contribution < 1.29 is 27.5 Å². The van der Waals surface area contributed by atoms with Gasteiger partial charge in [-0.1, -0.05) is 12.2 Å². The lowest BCUT2D eigenvalue weighted by Gasteiger charge is -2.36. The number of carbonyl (C=O) groups excluding carboxylic acids is 2. The minimum atomic E-state index is -2.75. The fourth-order valence-electron chi connectivity index (χ4n) is 4.65. The summed E-state index contributed by atoms with van der Waals surface area (Å²) in [5.41, 5.74) is 2.88. The van der Waals surface area contributed by atoms with Crippen molar-refractivity contribution in [1.29, 1.82) is 0 Å². The van der Waals surface area contributed by atoms with Gasteiger partial charge in [0.15, 0.2) is 23.2 Å². The van der Waals surface area contributed by atoms with Gasteiger partial charge in [-0.2, -0.15) is 0 Å². The summed E-state index contributed by atoms with van der Waals surface area (Å²) in [5.74, 6) is -2.99. The Bertz CT molecular complexity index is 1450. The molecule has 1 N–H and O–H groups in total. The van der Waals surface area contributed by atoms with E-state index in [0.29, 0.717) is 43.0 Å². The molecule has 0 bridgehead atoms. The zero-order valence-corrected chi connectivity index (χ0v) is 20.3. The summed E-state index contributed by atoms with van der Waals surface area (Å²) in [6.07, 6.45) is 3.51. The highest BCUT2D eigenvalue weighted by Crippen LogP contribution is 2.40. The molecule has 2 aromatic heterocycles. The summed E-state index contributed by atoms with van der Waals surface area (Å²) in [7, 11) is 0. The number of aromatic nitrogens is 2. The summed E-state index contributed by atoms with van der Waals surface area (Å²) in [4.78, 5) is 36.3. The number of ether oxygens (including phenoxy) is 1. The Hall–Kier alpha value is -3.73. The van der Waals surface area contributed by atoms with E-state index < -0.39 is 36.8 Å². The quantitative estimate of drug-likeness (QED) is 0.450. The third-order valence-corrected chi connectivity index (χ3v) is 7.86. The molecule has 0 unspecified atom stereocenters. The Kier molecular flexibility index (Phi) is 5.74. The number of fused-ring (bicyclic) bond motifs is 2. The van der Waals surface area contributed by atoms with E-state index in [1.807, 2.05) is 12.1 Å². The summed E-state index contributed by atoms with van der Waals surface area (Å²) >= 11 is 1.47. The van der Waals surface area contributed by atoms with Gasteiger partial charge in [-0.15, -0.1) is 11.3 Å². The molecule has 11 heteroatoms. The first-order chi connectivity index (χ1) is 17.7. The number of hydrogen-bond acceptors (Lipinski definition) is 7. The molecular weight excluding hydrogens is 505 g/mol. The fraction of sp³-hybridized carbons (Fsp3) is 0.308. The Morgan fingerprint density at radius 1 is 1.24 bits per heavy atom. The van der Waals surface area contributed by atoms with Crippen molar-refractivity contribution in [2.45, 2.75) is 44.3 Å². The fourth-order valence-corrected chi connectivity index (χ4v) is 5.76. The number of rotatable bonds is 4. The number of halogens is 3. The first-order valence-electron chi connectivity index (χ1n) is 11.8. The number of Topliss-reactive ketones (excluding diaryl/α,β-unsaturated/α-hetero) is 1. The van der Waals surface area contributed by atoms with Crippen LogP contribution in [0.2, 0.25) is 0 Å². The molecule has 0 spiro atoms. The highest BCUT2D eigenvalue weighted by atomic mass is 32.1. The molecule has 1 aromatic carbocycles. The summed E-state index contributed by atoms with van der Waals surface area (Å²) < 4.78 is 45.9. The van der Waals surface area contributed by atoms with Gasteiger partial charge in [-0.25, -0.2) is 27.9 Å².